The van der Waals surface area contributed by atoms with Gasteiger partial charge >= 0.3 is 0 Å². The van der Waals surface area contributed by atoms with Crippen LogP contribution >= 0.6 is 0 Å². The van der Waals surface area contributed by atoms with Crippen LogP contribution in [0.25, 0.3) is 0 Å². The fraction of sp³-hybridized carbons (Fsp3) is 0.200. The highest BCUT2D eigenvalue weighted by Gasteiger charge is 2.18. The van der Waals surface area contributed by atoms with Gasteiger partial charge in [0.05, 0.1) is 5.69 Å². The molecule has 0 aromatic carbocycles. The Morgan fingerprint density at radius 2 is 1.50 bits per heavy atom. The lowest BCUT2D eigenvalue weighted by Crippen LogP contribution is -2.27. The minimum Gasteiger partial charge on any atom is -0.365 e. The first-order chi connectivity index (χ1) is 7.93. The molecule has 0 saturated carbocycles. The highest BCUT2D eigenvalue weighted by atomic mass is 15.2. The van der Waals surface area contributed by atoms with Gasteiger partial charge in [0.1, 0.15) is 6.17 Å². The van der Waals surface area contributed by atoms with E-state index in [9.17, 15) is 0 Å². The normalized spacial score (nSPS) is 19.0. The Balaban J connectivity index is 1.82. The van der Waals surface area contributed by atoms with Crippen molar-refractivity contribution in [2.45, 2.75) is 12.3 Å². The third kappa shape index (κ3) is 1.54. The number of rotatable bonds is 2. The highest BCUT2D eigenvalue weighted by Crippen LogP contribution is 2.13. The van der Waals surface area contributed by atoms with Gasteiger partial charge in [-0.2, -0.15) is 0 Å². The van der Waals surface area contributed by atoms with Crippen molar-refractivity contribution in [1.29, 1.82) is 0 Å². The molecule has 16 heavy (non-hydrogen) atoms. The van der Waals surface area contributed by atoms with Crippen LogP contribution in [-0.2, 0) is 0 Å². The largest absolute Gasteiger partial charge is 0.365 e. The van der Waals surface area contributed by atoms with Crippen LogP contribution in [0.3, 0.4) is 0 Å². The second kappa shape index (κ2) is 3.73. The van der Waals surface area contributed by atoms with Crippen LogP contribution in [0.2, 0.25) is 0 Å². The quantitative estimate of drug-likeness (QED) is 0.549. The number of aromatic nitrogens is 2. The summed E-state index contributed by atoms with van der Waals surface area (Å²) < 4.78 is 0. The molecule has 0 unspecified atom stereocenters. The Morgan fingerprint density at radius 3 is 2.19 bits per heavy atom. The van der Waals surface area contributed by atoms with Crippen LogP contribution in [0.15, 0.2) is 37.1 Å². The van der Waals surface area contributed by atoms with Crippen molar-refractivity contribution in [2.24, 2.45) is 0 Å². The maximum absolute atomic E-state index is 4.50. The molecule has 2 aliphatic heterocycles. The van der Waals surface area contributed by atoms with E-state index >= 15 is 0 Å². The Labute approximate surface area is 92.9 Å². The molecule has 0 aliphatic carbocycles. The van der Waals surface area contributed by atoms with E-state index in [-0.39, 0.29) is 12.3 Å². The second-order valence-electron chi connectivity index (χ2n) is 3.54. The number of nitrogens with zero attached hydrogens (tertiary/aromatic N) is 2. The summed E-state index contributed by atoms with van der Waals surface area (Å²) in [5, 5.41) is 12.5. The zero-order valence-electron chi connectivity index (χ0n) is 8.51. The molecule has 1 aromatic heterocycles. The lowest BCUT2D eigenvalue weighted by Gasteiger charge is -2.15. The molecule has 0 bridgehead atoms. The van der Waals surface area contributed by atoms with E-state index in [1.807, 2.05) is 30.9 Å². The first-order valence-electron chi connectivity index (χ1n) is 5.10. The molecule has 0 fully saturated rings. The van der Waals surface area contributed by atoms with E-state index in [1.165, 1.54) is 0 Å². The Kier molecular flexibility index (Phi) is 2.10. The van der Waals surface area contributed by atoms with Gasteiger partial charge in [-0.25, -0.2) is 9.97 Å². The van der Waals surface area contributed by atoms with Crippen molar-refractivity contribution in [3.63, 3.8) is 0 Å². The van der Waals surface area contributed by atoms with Gasteiger partial charge in [0.15, 0.2) is 12.0 Å². The molecule has 3 rings (SSSR count). The third-order valence-electron chi connectivity index (χ3n) is 2.47. The van der Waals surface area contributed by atoms with Gasteiger partial charge in [0, 0.05) is 31.0 Å². The van der Waals surface area contributed by atoms with Crippen molar-refractivity contribution in [2.75, 3.05) is 0 Å². The Morgan fingerprint density at radius 1 is 0.875 bits per heavy atom. The zero-order chi connectivity index (χ0) is 10.8. The van der Waals surface area contributed by atoms with Crippen molar-refractivity contribution >= 4 is 0 Å². The van der Waals surface area contributed by atoms with Crippen LogP contribution in [-0.4, -0.2) is 9.97 Å². The predicted molar refractivity (Wildman–Crippen MR) is 58.3 cm³/mol. The Hall–Kier alpha value is -2.24. The van der Waals surface area contributed by atoms with Crippen LogP contribution < -0.4 is 21.3 Å². The summed E-state index contributed by atoms with van der Waals surface area (Å²) in [7, 11) is 0. The molecule has 4 N–H and O–H groups in total. The molecular formula is C10H12N6. The van der Waals surface area contributed by atoms with Crippen molar-refractivity contribution < 1.29 is 0 Å². The minimum absolute atomic E-state index is 0.0330. The predicted octanol–water partition coefficient (Wildman–Crippen LogP) is -0.198. The molecule has 1 aromatic rings. The molecule has 0 amide bonds. The number of hydrogen-bond donors (Lipinski definition) is 4. The molecule has 0 saturated heterocycles. The average Bonchev–Trinajstić information content (AvgIpc) is 3.03. The van der Waals surface area contributed by atoms with Crippen LogP contribution in [0.1, 0.15) is 23.8 Å². The van der Waals surface area contributed by atoms with Gasteiger partial charge in [0.25, 0.3) is 0 Å². The topological polar surface area (TPSA) is 73.9 Å². The molecule has 0 spiro atoms. The van der Waals surface area contributed by atoms with E-state index in [2.05, 4.69) is 31.2 Å². The van der Waals surface area contributed by atoms with E-state index in [0.717, 1.165) is 11.5 Å². The van der Waals surface area contributed by atoms with Gasteiger partial charge < -0.3 is 21.3 Å². The van der Waals surface area contributed by atoms with Gasteiger partial charge in [-0.3, -0.25) is 0 Å². The van der Waals surface area contributed by atoms with E-state index < -0.39 is 0 Å². The van der Waals surface area contributed by atoms with Gasteiger partial charge in [-0.15, -0.1) is 0 Å². The second-order valence-corrected chi connectivity index (χ2v) is 3.54. The fourth-order valence-electron chi connectivity index (χ4n) is 1.68. The van der Waals surface area contributed by atoms with Crippen molar-refractivity contribution in [3.8, 4) is 0 Å². The smallest absolute Gasteiger partial charge is 0.171 e. The molecule has 3 heterocycles. The van der Waals surface area contributed by atoms with Crippen LogP contribution in [0.4, 0.5) is 0 Å². The van der Waals surface area contributed by atoms with Crippen molar-refractivity contribution in [3.05, 3.63) is 48.6 Å². The monoisotopic (exact) mass is 216 g/mol. The Bertz CT molecular complexity index is 387. The fourth-order valence-corrected chi connectivity index (χ4v) is 1.68. The summed E-state index contributed by atoms with van der Waals surface area (Å²) >= 11 is 0. The summed E-state index contributed by atoms with van der Waals surface area (Å²) in [5.41, 5.74) is 0.922. The SMILES string of the molecule is C1=CNC(c2ccnc(C3NC=CN3)n2)N1. The van der Waals surface area contributed by atoms with Gasteiger partial charge in [0.2, 0.25) is 0 Å². The first kappa shape index (κ1) is 9.02. The summed E-state index contributed by atoms with van der Waals surface area (Å²) in [4.78, 5) is 8.74. The van der Waals surface area contributed by atoms with Crippen LogP contribution in [0.5, 0.6) is 0 Å². The summed E-state index contributed by atoms with van der Waals surface area (Å²) in [6, 6.07) is 1.89. The standard InChI is InChI=1S/C10H12N6/c1-2-11-10(9-14-5-6-15-9)16-7(1)8-12-3-4-13-8/h1-6,8-9,12-15H. The average molecular weight is 216 g/mol. The highest BCUT2D eigenvalue weighted by molar-refractivity contribution is 5.14. The molecule has 6 heteroatoms. The third-order valence-corrected chi connectivity index (χ3v) is 2.47. The van der Waals surface area contributed by atoms with E-state index in [1.54, 1.807) is 6.20 Å². The summed E-state index contributed by atoms with van der Waals surface area (Å²) in [6.45, 7) is 0. The summed E-state index contributed by atoms with van der Waals surface area (Å²) in [5.74, 6) is 0.734. The van der Waals surface area contributed by atoms with Gasteiger partial charge in [-0.1, -0.05) is 0 Å². The lowest BCUT2D eigenvalue weighted by molar-refractivity contribution is 0.541. The lowest BCUT2D eigenvalue weighted by atomic mass is 10.3. The number of nitrogens with one attached hydrogen (secondary N) is 4. The molecule has 82 valence electrons. The molecule has 2 aliphatic rings. The van der Waals surface area contributed by atoms with Crippen molar-refractivity contribution in [1.82, 2.24) is 31.2 Å². The maximum atomic E-state index is 4.50. The van der Waals surface area contributed by atoms with Crippen LogP contribution in [0, 0.1) is 0 Å². The zero-order valence-corrected chi connectivity index (χ0v) is 8.51. The summed E-state index contributed by atoms with van der Waals surface area (Å²) in [6.07, 6.45) is 9.18. The van der Waals surface area contributed by atoms with Gasteiger partial charge in [-0.05, 0) is 6.07 Å². The first-order valence-corrected chi connectivity index (χ1v) is 5.10. The number of hydrogen-bond acceptors (Lipinski definition) is 6. The molecule has 6 nitrogen and oxygen atoms in total. The molecule has 0 radical (unpaired) electrons. The van der Waals surface area contributed by atoms with E-state index in [4.69, 9.17) is 0 Å². The maximum Gasteiger partial charge on any atom is 0.171 e. The van der Waals surface area contributed by atoms with E-state index in [0.29, 0.717) is 0 Å². The molecule has 0 atom stereocenters. The molecular weight excluding hydrogens is 204 g/mol. The minimum atomic E-state index is -0.0330.